The number of hydrogen-bond acceptors (Lipinski definition) is 5. The summed E-state index contributed by atoms with van der Waals surface area (Å²) in [6, 6.07) is 5.76. The van der Waals surface area contributed by atoms with Crippen LogP contribution in [0.15, 0.2) is 24.5 Å². The molecule has 0 amide bonds. The smallest absolute Gasteiger partial charge is 0.140 e. The largest absolute Gasteiger partial charge is 0.399 e. The van der Waals surface area contributed by atoms with E-state index in [-0.39, 0.29) is 0 Å². The molecular formula is C15H20N4O. The normalized spacial score (nSPS) is 18.6. The zero-order valence-corrected chi connectivity index (χ0v) is 11.7. The summed E-state index contributed by atoms with van der Waals surface area (Å²) in [5.74, 6) is 0.945. The Balaban J connectivity index is 1.95. The first-order valence-corrected chi connectivity index (χ1v) is 7.14. The quantitative estimate of drug-likeness (QED) is 0.865. The topological polar surface area (TPSA) is 64.3 Å². The molecule has 2 heterocycles. The molecule has 5 nitrogen and oxygen atoms in total. The lowest BCUT2D eigenvalue weighted by atomic mass is 10.2. The summed E-state index contributed by atoms with van der Waals surface area (Å²) in [6.45, 7) is 4.77. The lowest BCUT2D eigenvalue weighted by Crippen LogP contribution is -2.32. The Hall–Kier alpha value is -1.88. The van der Waals surface area contributed by atoms with E-state index in [4.69, 9.17) is 10.5 Å². The molecule has 1 unspecified atom stereocenters. The summed E-state index contributed by atoms with van der Waals surface area (Å²) in [5, 5.41) is 1.01. The van der Waals surface area contributed by atoms with Gasteiger partial charge in [-0.25, -0.2) is 9.97 Å². The number of nitrogens with zero attached hydrogens (tertiary/aromatic N) is 3. The van der Waals surface area contributed by atoms with Crippen molar-refractivity contribution in [3.05, 3.63) is 24.5 Å². The molecule has 1 aliphatic heterocycles. The molecule has 1 aromatic carbocycles. The van der Waals surface area contributed by atoms with E-state index >= 15 is 0 Å². The van der Waals surface area contributed by atoms with Crippen molar-refractivity contribution in [3.8, 4) is 0 Å². The van der Waals surface area contributed by atoms with Gasteiger partial charge in [-0.2, -0.15) is 0 Å². The number of rotatable bonds is 4. The highest BCUT2D eigenvalue weighted by atomic mass is 16.5. The van der Waals surface area contributed by atoms with Crippen LogP contribution in [0.25, 0.3) is 10.9 Å². The molecule has 0 saturated carbocycles. The number of nitrogen functional groups attached to an aromatic ring is 1. The summed E-state index contributed by atoms with van der Waals surface area (Å²) >= 11 is 0. The minimum atomic E-state index is 0.307. The molecule has 1 aromatic heterocycles. The Morgan fingerprint density at radius 3 is 3.05 bits per heavy atom. The van der Waals surface area contributed by atoms with Crippen molar-refractivity contribution in [1.29, 1.82) is 0 Å². The van der Waals surface area contributed by atoms with Crippen molar-refractivity contribution in [2.24, 2.45) is 0 Å². The molecule has 2 N–H and O–H groups in total. The third kappa shape index (κ3) is 2.54. The van der Waals surface area contributed by atoms with E-state index in [0.29, 0.717) is 6.10 Å². The van der Waals surface area contributed by atoms with Crippen LogP contribution in [0.1, 0.15) is 19.8 Å². The highest BCUT2D eigenvalue weighted by Gasteiger charge is 2.20. The van der Waals surface area contributed by atoms with Gasteiger partial charge in [0, 0.05) is 30.8 Å². The first-order valence-electron chi connectivity index (χ1n) is 7.14. The van der Waals surface area contributed by atoms with Crippen LogP contribution in [0.5, 0.6) is 0 Å². The Morgan fingerprint density at radius 1 is 1.40 bits per heavy atom. The maximum atomic E-state index is 5.90. The standard InChI is InChI=1S/C15H20N4O/c1-2-19(9-12-4-3-7-20-12)15-13-8-11(16)5-6-14(13)17-10-18-15/h5-6,8,10,12H,2-4,7,9,16H2,1H3. The maximum absolute atomic E-state index is 5.90. The van der Waals surface area contributed by atoms with Gasteiger partial charge in [-0.05, 0) is 38.0 Å². The third-order valence-corrected chi connectivity index (χ3v) is 3.77. The second-order valence-electron chi connectivity index (χ2n) is 5.15. The lowest BCUT2D eigenvalue weighted by molar-refractivity contribution is 0.115. The molecule has 0 aliphatic carbocycles. The summed E-state index contributed by atoms with van der Waals surface area (Å²) < 4.78 is 5.73. The fraction of sp³-hybridized carbons (Fsp3) is 0.467. The summed E-state index contributed by atoms with van der Waals surface area (Å²) in [6.07, 6.45) is 4.20. The number of fused-ring (bicyclic) bond motifs is 1. The van der Waals surface area contributed by atoms with Gasteiger partial charge in [-0.3, -0.25) is 0 Å². The van der Waals surface area contributed by atoms with Crippen molar-refractivity contribution >= 4 is 22.4 Å². The van der Waals surface area contributed by atoms with Crippen LogP contribution >= 0.6 is 0 Å². The van der Waals surface area contributed by atoms with Gasteiger partial charge < -0.3 is 15.4 Å². The van der Waals surface area contributed by atoms with Crippen LogP contribution < -0.4 is 10.6 Å². The molecule has 2 aromatic rings. The number of nitrogens with two attached hydrogens (primary N) is 1. The van der Waals surface area contributed by atoms with Crippen LogP contribution in [0.4, 0.5) is 11.5 Å². The van der Waals surface area contributed by atoms with Gasteiger partial charge in [0.15, 0.2) is 0 Å². The van der Waals surface area contributed by atoms with Crippen molar-refractivity contribution in [1.82, 2.24) is 9.97 Å². The zero-order chi connectivity index (χ0) is 13.9. The number of aromatic nitrogens is 2. The first kappa shape index (κ1) is 13.1. The van der Waals surface area contributed by atoms with Crippen LogP contribution in [-0.4, -0.2) is 35.8 Å². The van der Waals surface area contributed by atoms with E-state index in [9.17, 15) is 0 Å². The molecule has 1 aliphatic rings. The van der Waals surface area contributed by atoms with E-state index in [0.717, 1.165) is 54.9 Å². The maximum Gasteiger partial charge on any atom is 0.140 e. The summed E-state index contributed by atoms with van der Waals surface area (Å²) in [5.41, 5.74) is 7.56. The van der Waals surface area contributed by atoms with Crippen LogP contribution in [0.3, 0.4) is 0 Å². The van der Waals surface area contributed by atoms with Crippen molar-refractivity contribution < 1.29 is 4.74 Å². The van der Waals surface area contributed by atoms with Gasteiger partial charge in [0.2, 0.25) is 0 Å². The van der Waals surface area contributed by atoms with Crippen LogP contribution in [-0.2, 0) is 4.74 Å². The van der Waals surface area contributed by atoms with E-state index < -0.39 is 0 Å². The monoisotopic (exact) mass is 272 g/mol. The Morgan fingerprint density at radius 2 is 2.30 bits per heavy atom. The molecule has 5 heteroatoms. The number of benzene rings is 1. The fourth-order valence-corrected chi connectivity index (χ4v) is 2.71. The van der Waals surface area contributed by atoms with Gasteiger partial charge in [0.1, 0.15) is 12.1 Å². The molecule has 1 saturated heterocycles. The molecule has 106 valence electrons. The average molecular weight is 272 g/mol. The Bertz CT molecular complexity index is 595. The van der Waals surface area contributed by atoms with Crippen molar-refractivity contribution in [2.75, 3.05) is 30.3 Å². The molecule has 0 spiro atoms. The van der Waals surface area contributed by atoms with Crippen molar-refractivity contribution in [2.45, 2.75) is 25.9 Å². The lowest BCUT2D eigenvalue weighted by Gasteiger charge is -2.25. The van der Waals surface area contributed by atoms with E-state index in [2.05, 4.69) is 21.8 Å². The average Bonchev–Trinajstić information content (AvgIpc) is 2.97. The van der Waals surface area contributed by atoms with E-state index in [1.165, 1.54) is 0 Å². The summed E-state index contributed by atoms with van der Waals surface area (Å²) in [7, 11) is 0. The van der Waals surface area contributed by atoms with Gasteiger partial charge in [-0.15, -0.1) is 0 Å². The second-order valence-corrected chi connectivity index (χ2v) is 5.15. The summed E-state index contributed by atoms with van der Waals surface area (Å²) in [4.78, 5) is 11.0. The van der Waals surface area contributed by atoms with Gasteiger partial charge in [0.25, 0.3) is 0 Å². The first-order chi connectivity index (χ1) is 9.78. The minimum absolute atomic E-state index is 0.307. The molecule has 1 atom stereocenters. The molecular weight excluding hydrogens is 252 g/mol. The fourth-order valence-electron chi connectivity index (χ4n) is 2.71. The molecule has 0 radical (unpaired) electrons. The number of likely N-dealkylation sites (N-methyl/N-ethyl adjacent to an activating group) is 1. The number of anilines is 2. The van der Waals surface area contributed by atoms with Gasteiger partial charge in [0.05, 0.1) is 11.6 Å². The number of hydrogen-bond donors (Lipinski definition) is 1. The highest BCUT2D eigenvalue weighted by Crippen LogP contribution is 2.26. The van der Waals surface area contributed by atoms with E-state index in [1.54, 1.807) is 6.33 Å². The van der Waals surface area contributed by atoms with Crippen molar-refractivity contribution in [3.63, 3.8) is 0 Å². The van der Waals surface area contributed by atoms with Crippen LogP contribution in [0.2, 0.25) is 0 Å². The Labute approximate surface area is 118 Å². The minimum Gasteiger partial charge on any atom is -0.399 e. The zero-order valence-electron chi connectivity index (χ0n) is 11.7. The predicted octanol–water partition coefficient (Wildman–Crippen LogP) is 2.22. The molecule has 1 fully saturated rings. The van der Waals surface area contributed by atoms with Gasteiger partial charge >= 0.3 is 0 Å². The third-order valence-electron chi connectivity index (χ3n) is 3.77. The molecule has 20 heavy (non-hydrogen) atoms. The SMILES string of the molecule is CCN(CC1CCCO1)c1ncnc2ccc(N)cc12. The van der Waals surface area contributed by atoms with E-state index in [1.807, 2.05) is 18.2 Å². The van der Waals surface area contributed by atoms with Crippen LogP contribution in [0, 0.1) is 0 Å². The second kappa shape index (κ2) is 5.63. The predicted molar refractivity (Wildman–Crippen MR) is 80.8 cm³/mol. The molecule has 0 bridgehead atoms. The number of ether oxygens (including phenoxy) is 1. The highest BCUT2D eigenvalue weighted by molar-refractivity contribution is 5.91. The van der Waals surface area contributed by atoms with Gasteiger partial charge in [-0.1, -0.05) is 0 Å². The Kier molecular flexibility index (Phi) is 3.69. The molecule has 3 rings (SSSR count).